The lowest BCUT2D eigenvalue weighted by Crippen LogP contribution is -2.10. The number of benzene rings is 1. The van der Waals surface area contributed by atoms with Crippen molar-refractivity contribution in [3.05, 3.63) is 34.3 Å². The fourth-order valence-corrected chi connectivity index (χ4v) is 1.89. The SMILES string of the molecule is CCCC[C@H](N)c1ccc(C)cc1Cl. The van der Waals surface area contributed by atoms with E-state index in [9.17, 15) is 0 Å². The fraction of sp³-hybridized carbons (Fsp3) is 0.500. The van der Waals surface area contributed by atoms with E-state index in [1.165, 1.54) is 12.0 Å². The molecule has 0 aromatic heterocycles. The Bertz CT molecular complexity index is 296. The number of hydrogen-bond donors (Lipinski definition) is 1. The van der Waals surface area contributed by atoms with E-state index in [-0.39, 0.29) is 6.04 Å². The second-order valence-corrected chi connectivity index (χ2v) is 4.18. The number of halogens is 1. The predicted molar refractivity (Wildman–Crippen MR) is 62.6 cm³/mol. The molecule has 0 saturated carbocycles. The molecule has 1 aromatic rings. The van der Waals surface area contributed by atoms with Gasteiger partial charge in [-0.25, -0.2) is 0 Å². The molecule has 0 aliphatic carbocycles. The summed E-state index contributed by atoms with van der Waals surface area (Å²) in [5.74, 6) is 0. The molecule has 0 fully saturated rings. The van der Waals surface area contributed by atoms with Gasteiger partial charge >= 0.3 is 0 Å². The van der Waals surface area contributed by atoms with Crippen molar-refractivity contribution in [1.82, 2.24) is 0 Å². The molecular formula is C12H18ClN. The van der Waals surface area contributed by atoms with Crippen molar-refractivity contribution in [3.63, 3.8) is 0 Å². The number of aryl methyl sites for hydroxylation is 1. The van der Waals surface area contributed by atoms with Gasteiger partial charge in [-0.3, -0.25) is 0 Å². The zero-order valence-electron chi connectivity index (χ0n) is 8.89. The van der Waals surface area contributed by atoms with Crippen molar-refractivity contribution in [2.24, 2.45) is 5.73 Å². The molecule has 0 saturated heterocycles. The summed E-state index contributed by atoms with van der Waals surface area (Å²) in [5.41, 5.74) is 8.30. The number of hydrogen-bond acceptors (Lipinski definition) is 1. The summed E-state index contributed by atoms with van der Waals surface area (Å²) >= 11 is 6.12. The maximum absolute atomic E-state index is 6.12. The number of nitrogens with two attached hydrogens (primary N) is 1. The van der Waals surface area contributed by atoms with Crippen molar-refractivity contribution in [2.45, 2.75) is 39.2 Å². The highest BCUT2D eigenvalue weighted by Gasteiger charge is 2.09. The quantitative estimate of drug-likeness (QED) is 0.805. The molecule has 0 radical (unpaired) electrons. The summed E-state index contributed by atoms with van der Waals surface area (Å²) in [5, 5.41) is 0.800. The van der Waals surface area contributed by atoms with Gasteiger partial charge in [0.25, 0.3) is 0 Å². The van der Waals surface area contributed by atoms with Crippen LogP contribution in [0.15, 0.2) is 18.2 Å². The Kier molecular flexibility index (Phi) is 4.43. The summed E-state index contributed by atoms with van der Waals surface area (Å²) in [6.07, 6.45) is 3.35. The van der Waals surface area contributed by atoms with Gasteiger partial charge in [-0.2, -0.15) is 0 Å². The van der Waals surface area contributed by atoms with Crippen LogP contribution < -0.4 is 5.73 Å². The molecule has 1 rings (SSSR count). The summed E-state index contributed by atoms with van der Waals surface area (Å²) in [6, 6.07) is 6.16. The molecule has 78 valence electrons. The first-order chi connectivity index (χ1) is 6.65. The van der Waals surface area contributed by atoms with Crippen LogP contribution in [0.4, 0.5) is 0 Å². The van der Waals surface area contributed by atoms with Crippen LogP contribution in [0.2, 0.25) is 5.02 Å². The Morgan fingerprint density at radius 3 is 2.71 bits per heavy atom. The fourth-order valence-electron chi connectivity index (χ4n) is 1.51. The first-order valence-corrected chi connectivity index (χ1v) is 5.54. The van der Waals surface area contributed by atoms with Gasteiger partial charge in [0, 0.05) is 11.1 Å². The topological polar surface area (TPSA) is 26.0 Å². The van der Waals surface area contributed by atoms with E-state index in [1.54, 1.807) is 0 Å². The van der Waals surface area contributed by atoms with Gasteiger partial charge in [0.05, 0.1) is 0 Å². The third-order valence-corrected chi connectivity index (χ3v) is 2.75. The zero-order chi connectivity index (χ0) is 10.6. The van der Waals surface area contributed by atoms with Crippen LogP contribution >= 0.6 is 11.6 Å². The molecule has 0 heterocycles. The molecule has 0 bridgehead atoms. The van der Waals surface area contributed by atoms with Crippen molar-refractivity contribution in [1.29, 1.82) is 0 Å². The second-order valence-electron chi connectivity index (χ2n) is 3.77. The van der Waals surface area contributed by atoms with Gasteiger partial charge in [-0.1, -0.05) is 43.5 Å². The average molecular weight is 212 g/mol. The standard InChI is InChI=1S/C12H18ClN/c1-3-4-5-12(14)10-7-6-9(2)8-11(10)13/h6-8,12H,3-5,14H2,1-2H3/t12-/m0/s1. The van der Waals surface area contributed by atoms with Crippen molar-refractivity contribution < 1.29 is 0 Å². The maximum atomic E-state index is 6.12. The molecule has 0 spiro atoms. The van der Waals surface area contributed by atoms with E-state index in [0.29, 0.717) is 0 Å². The van der Waals surface area contributed by atoms with Gasteiger partial charge < -0.3 is 5.73 Å². The highest BCUT2D eigenvalue weighted by atomic mass is 35.5. The van der Waals surface area contributed by atoms with Crippen molar-refractivity contribution in [3.8, 4) is 0 Å². The Morgan fingerprint density at radius 1 is 1.43 bits per heavy atom. The van der Waals surface area contributed by atoms with E-state index in [0.717, 1.165) is 23.4 Å². The summed E-state index contributed by atoms with van der Waals surface area (Å²) in [4.78, 5) is 0. The Balaban J connectivity index is 2.74. The van der Waals surface area contributed by atoms with Crippen LogP contribution in [-0.4, -0.2) is 0 Å². The molecule has 1 aromatic carbocycles. The highest BCUT2D eigenvalue weighted by Crippen LogP contribution is 2.25. The molecular weight excluding hydrogens is 194 g/mol. The van der Waals surface area contributed by atoms with Gasteiger partial charge in [-0.05, 0) is 30.5 Å². The van der Waals surface area contributed by atoms with E-state index in [1.807, 2.05) is 19.1 Å². The molecule has 2 heteroatoms. The molecule has 0 aliphatic rings. The molecule has 0 amide bonds. The molecule has 14 heavy (non-hydrogen) atoms. The minimum Gasteiger partial charge on any atom is -0.324 e. The van der Waals surface area contributed by atoms with Crippen LogP contribution in [0.25, 0.3) is 0 Å². The Morgan fingerprint density at radius 2 is 2.14 bits per heavy atom. The lowest BCUT2D eigenvalue weighted by molar-refractivity contribution is 0.603. The lowest BCUT2D eigenvalue weighted by atomic mass is 10.0. The van der Waals surface area contributed by atoms with Crippen LogP contribution in [0.3, 0.4) is 0 Å². The minimum absolute atomic E-state index is 0.0862. The first-order valence-electron chi connectivity index (χ1n) is 5.16. The normalized spacial score (nSPS) is 12.9. The van der Waals surface area contributed by atoms with Gasteiger partial charge in [0.1, 0.15) is 0 Å². The smallest absolute Gasteiger partial charge is 0.0456 e. The summed E-state index contributed by atoms with van der Waals surface area (Å²) < 4.78 is 0. The first kappa shape index (κ1) is 11.5. The van der Waals surface area contributed by atoms with E-state index in [2.05, 4.69) is 13.0 Å². The lowest BCUT2D eigenvalue weighted by Gasteiger charge is -2.13. The number of unbranched alkanes of at least 4 members (excludes halogenated alkanes) is 1. The predicted octanol–water partition coefficient (Wildman–Crippen LogP) is 3.84. The summed E-state index contributed by atoms with van der Waals surface area (Å²) in [6.45, 7) is 4.21. The Hall–Kier alpha value is -0.530. The third kappa shape index (κ3) is 3.00. The van der Waals surface area contributed by atoms with E-state index in [4.69, 9.17) is 17.3 Å². The maximum Gasteiger partial charge on any atom is 0.0456 e. The Labute approximate surface area is 91.3 Å². The van der Waals surface area contributed by atoms with Gasteiger partial charge in [0.2, 0.25) is 0 Å². The molecule has 0 aliphatic heterocycles. The minimum atomic E-state index is 0.0862. The average Bonchev–Trinajstić information content (AvgIpc) is 2.14. The van der Waals surface area contributed by atoms with Crippen LogP contribution in [0.1, 0.15) is 43.4 Å². The second kappa shape index (κ2) is 5.38. The highest BCUT2D eigenvalue weighted by molar-refractivity contribution is 6.31. The van der Waals surface area contributed by atoms with Gasteiger partial charge in [-0.15, -0.1) is 0 Å². The third-order valence-electron chi connectivity index (χ3n) is 2.42. The van der Waals surface area contributed by atoms with E-state index < -0.39 is 0 Å². The number of rotatable bonds is 4. The largest absolute Gasteiger partial charge is 0.324 e. The summed E-state index contributed by atoms with van der Waals surface area (Å²) in [7, 11) is 0. The van der Waals surface area contributed by atoms with Crippen LogP contribution in [0.5, 0.6) is 0 Å². The van der Waals surface area contributed by atoms with E-state index >= 15 is 0 Å². The molecule has 1 nitrogen and oxygen atoms in total. The van der Waals surface area contributed by atoms with Crippen molar-refractivity contribution >= 4 is 11.6 Å². The zero-order valence-corrected chi connectivity index (χ0v) is 9.64. The molecule has 2 N–H and O–H groups in total. The monoisotopic (exact) mass is 211 g/mol. The van der Waals surface area contributed by atoms with Crippen LogP contribution in [0, 0.1) is 6.92 Å². The molecule has 0 unspecified atom stereocenters. The molecule has 1 atom stereocenters. The van der Waals surface area contributed by atoms with Gasteiger partial charge in [0.15, 0.2) is 0 Å². The van der Waals surface area contributed by atoms with Crippen molar-refractivity contribution in [2.75, 3.05) is 0 Å². The van der Waals surface area contributed by atoms with Crippen LogP contribution in [-0.2, 0) is 0 Å².